The molecule has 2 bridgehead atoms. The highest BCUT2D eigenvalue weighted by molar-refractivity contribution is 5.94. The Kier molecular flexibility index (Phi) is 4.27. The number of hydrogen-bond donors (Lipinski definition) is 1. The number of nitrogens with zero attached hydrogens (tertiary/aromatic N) is 1. The third kappa shape index (κ3) is 3.05. The van der Waals surface area contributed by atoms with Crippen LogP contribution < -0.4 is 5.32 Å². The van der Waals surface area contributed by atoms with Gasteiger partial charge in [0.05, 0.1) is 18.1 Å². The molecule has 0 aliphatic carbocycles. The molecule has 3 atom stereocenters. The fraction of sp³-hybridized carbons (Fsp3) is 0.579. The minimum atomic E-state index is 0.0137. The van der Waals surface area contributed by atoms with Gasteiger partial charge in [-0.05, 0) is 49.8 Å². The van der Waals surface area contributed by atoms with Gasteiger partial charge in [0.25, 0.3) is 5.91 Å². The lowest BCUT2D eigenvalue weighted by Gasteiger charge is -2.18. The number of carbonyl (C=O) groups excluding carboxylic acids is 2. The smallest absolute Gasteiger partial charge is 0.253 e. The molecule has 3 saturated heterocycles. The monoisotopic (exact) mass is 328 g/mol. The van der Waals surface area contributed by atoms with Crippen molar-refractivity contribution in [1.82, 2.24) is 10.2 Å². The number of carbonyl (C=O) groups is 2. The van der Waals surface area contributed by atoms with Crippen molar-refractivity contribution in [2.75, 3.05) is 13.1 Å². The second kappa shape index (κ2) is 6.55. The molecule has 3 fully saturated rings. The molecular formula is C19H24N2O3. The molecule has 1 N–H and O–H groups in total. The van der Waals surface area contributed by atoms with Crippen LogP contribution in [0.5, 0.6) is 0 Å². The Labute approximate surface area is 142 Å². The number of fused-ring (bicyclic) bond motifs is 2. The largest absolute Gasteiger partial charge is 0.374 e. The van der Waals surface area contributed by atoms with E-state index in [-0.39, 0.29) is 23.8 Å². The molecule has 0 spiro atoms. The van der Waals surface area contributed by atoms with Gasteiger partial charge in [-0.2, -0.15) is 0 Å². The van der Waals surface area contributed by atoms with Gasteiger partial charge in [-0.15, -0.1) is 0 Å². The molecule has 3 aliphatic heterocycles. The summed E-state index contributed by atoms with van der Waals surface area (Å²) in [5.41, 5.74) is 1.75. The van der Waals surface area contributed by atoms with E-state index in [1.165, 1.54) is 0 Å². The minimum Gasteiger partial charge on any atom is -0.374 e. The highest BCUT2D eigenvalue weighted by Crippen LogP contribution is 2.38. The van der Waals surface area contributed by atoms with Gasteiger partial charge in [-0.1, -0.05) is 12.1 Å². The molecule has 128 valence electrons. The number of amides is 2. The van der Waals surface area contributed by atoms with Gasteiger partial charge in [0, 0.05) is 25.2 Å². The van der Waals surface area contributed by atoms with Crippen molar-refractivity contribution in [1.29, 1.82) is 0 Å². The average molecular weight is 328 g/mol. The molecular weight excluding hydrogens is 304 g/mol. The molecule has 2 amide bonds. The van der Waals surface area contributed by atoms with Crippen LogP contribution in [0.4, 0.5) is 0 Å². The van der Waals surface area contributed by atoms with E-state index >= 15 is 0 Å². The third-order valence-corrected chi connectivity index (χ3v) is 5.50. The molecule has 5 nitrogen and oxygen atoms in total. The zero-order valence-electron chi connectivity index (χ0n) is 13.9. The van der Waals surface area contributed by atoms with Crippen LogP contribution in [0, 0.1) is 5.92 Å². The summed E-state index contributed by atoms with van der Waals surface area (Å²) in [4.78, 5) is 26.5. The Balaban J connectivity index is 1.30. The van der Waals surface area contributed by atoms with Crippen LogP contribution >= 0.6 is 0 Å². The third-order valence-electron chi connectivity index (χ3n) is 5.50. The number of rotatable bonds is 4. The summed E-state index contributed by atoms with van der Waals surface area (Å²) in [5.74, 6) is 0.224. The van der Waals surface area contributed by atoms with Crippen molar-refractivity contribution in [2.45, 2.75) is 50.9 Å². The summed E-state index contributed by atoms with van der Waals surface area (Å²) in [6.45, 7) is 2.23. The van der Waals surface area contributed by atoms with E-state index in [0.29, 0.717) is 12.6 Å². The first-order chi connectivity index (χ1) is 11.7. The van der Waals surface area contributed by atoms with E-state index in [9.17, 15) is 9.59 Å². The summed E-state index contributed by atoms with van der Waals surface area (Å²) in [7, 11) is 0. The van der Waals surface area contributed by atoms with Gasteiger partial charge in [0.1, 0.15) is 0 Å². The van der Waals surface area contributed by atoms with Crippen LogP contribution in [0.2, 0.25) is 0 Å². The predicted molar refractivity (Wildman–Crippen MR) is 89.4 cm³/mol. The van der Waals surface area contributed by atoms with Gasteiger partial charge >= 0.3 is 0 Å². The SMILES string of the molecule is O=C(NCc1ccc(C(=O)N2CCCC2)cc1)C1CC2CCC1O2. The molecule has 0 radical (unpaired) electrons. The lowest BCUT2D eigenvalue weighted by Crippen LogP contribution is -2.35. The van der Waals surface area contributed by atoms with Crippen LogP contribution in [0.3, 0.4) is 0 Å². The van der Waals surface area contributed by atoms with Crippen molar-refractivity contribution < 1.29 is 14.3 Å². The van der Waals surface area contributed by atoms with Crippen LogP contribution in [-0.2, 0) is 16.1 Å². The number of likely N-dealkylation sites (tertiary alicyclic amines) is 1. The van der Waals surface area contributed by atoms with Gasteiger partial charge in [0.15, 0.2) is 0 Å². The summed E-state index contributed by atoms with van der Waals surface area (Å²) >= 11 is 0. The highest BCUT2D eigenvalue weighted by Gasteiger charge is 2.44. The average Bonchev–Trinajstić information content (AvgIpc) is 3.37. The van der Waals surface area contributed by atoms with E-state index in [2.05, 4.69) is 5.32 Å². The Bertz CT molecular complexity index is 622. The van der Waals surface area contributed by atoms with Gasteiger partial charge in [-0.25, -0.2) is 0 Å². The second-order valence-electron chi connectivity index (χ2n) is 7.13. The molecule has 3 unspecified atom stereocenters. The number of nitrogens with one attached hydrogen (secondary N) is 1. The Hall–Kier alpha value is -1.88. The van der Waals surface area contributed by atoms with Crippen LogP contribution in [-0.4, -0.2) is 42.0 Å². The van der Waals surface area contributed by atoms with Crippen LogP contribution in [0.25, 0.3) is 0 Å². The molecule has 1 aromatic rings. The predicted octanol–water partition coefficient (Wildman–Crippen LogP) is 2.11. The summed E-state index contributed by atoms with van der Waals surface area (Å²) < 4.78 is 5.75. The Morgan fingerprint density at radius 2 is 1.88 bits per heavy atom. The maximum absolute atomic E-state index is 12.3. The molecule has 5 heteroatoms. The zero-order chi connectivity index (χ0) is 16.5. The number of ether oxygens (including phenoxy) is 1. The van der Waals surface area contributed by atoms with Crippen molar-refractivity contribution in [2.24, 2.45) is 5.92 Å². The lowest BCUT2D eigenvalue weighted by molar-refractivity contribution is -0.126. The van der Waals surface area contributed by atoms with E-state index in [1.54, 1.807) is 0 Å². The zero-order valence-corrected chi connectivity index (χ0v) is 13.9. The fourth-order valence-electron chi connectivity index (χ4n) is 4.10. The number of hydrogen-bond acceptors (Lipinski definition) is 3. The van der Waals surface area contributed by atoms with E-state index in [1.807, 2.05) is 29.2 Å². The van der Waals surface area contributed by atoms with Gasteiger partial charge in [-0.3, -0.25) is 9.59 Å². The van der Waals surface area contributed by atoms with Crippen molar-refractivity contribution in [3.05, 3.63) is 35.4 Å². The molecule has 1 aromatic carbocycles. The van der Waals surface area contributed by atoms with Crippen molar-refractivity contribution in [3.8, 4) is 0 Å². The van der Waals surface area contributed by atoms with Gasteiger partial charge < -0.3 is 15.0 Å². The fourth-order valence-corrected chi connectivity index (χ4v) is 4.10. The standard InChI is InChI=1S/C19H24N2O3/c22-18(16-11-15-7-8-17(16)24-15)20-12-13-3-5-14(6-4-13)19(23)21-9-1-2-10-21/h3-6,15-17H,1-2,7-12H2,(H,20,22). The summed E-state index contributed by atoms with van der Waals surface area (Å²) in [5, 5.41) is 3.02. The van der Waals surface area contributed by atoms with E-state index in [0.717, 1.165) is 56.3 Å². The maximum atomic E-state index is 12.3. The van der Waals surface area contributed by atoms with Crippen LogP contribution in [0.15, 0.2) is 24.3 Å². The summed E-state index contributed by atoms with van der Waals surface area (Å²) in [6, 6.07) is 7.59. The normalized spacial score (nSPS) is 28.3. The quantitative estimate of drug-likeness (QED) is 0.921. The maximum Gasteiger partial charge on any atom is 0.253 e. The molecule has 0 aromatic heterocycles. The Morgan fingerprint density at radius 1 is 1.12 bits per heavy atom. The molecule has 0 saturated carbocycles. The molecule has 3 heterocycles. The molecule has 4 rings (SSSR count). The first-order valence-corrected chi connectivity index (χ1v) is 9.02. The second-order valence-corrected chi connectivity index (χ2v) is 7.13. The highest BCUT2D eigenvalue weighted by atomic mass is 16.5. The van der Waals surface area contributed by atoms with Gasteiger partial charge in [0.2, 0.25) is 5.91 Å². The van der Waals surface area contributed by atoms with Crippen molar-refractivity contribution in [3.63, 3.8) is 0 Å². The first-order valence-electron chi connectivity index (χ1n) is 9.02. The Morgan fingerprint density at radius 3 is 2.50 bits per heavy atom. The molecule has 3 aliphatic rings. The van der Waals surface area contributed by atoms with E-state index < -0.39 is 0 Å². The first kappa shape index (κ1) is 15.6. The van der Waals surface area contributed by atoms with Crippen LogP contribution in [0.1, 0.15) is 48.0 Å². The molecule has 24 heavy (non-hydrogen) atoms. The minimum absolute atomic E-state index is 0.0137. The lowest BCUT2D eigenvalue weighted by atomic mass is 9.88. The number of benzene rings is 1. The van der Waals surface area contributed by atoms with Crippen molar-refractivity contribution >= 4 is 11.8 Å². The van der Waals surface area contributed by atoms with E-state index in [4.69, 9.17) is 4.74 Å². The summed E-state index contributed by atoms with van der Waals surface area (Å²) in [6.07, 6.45) is 5.58. The topological polar surface area (TPSA) is 58.6 Å².